The molecule has 0 saturated carbocycles. The number of thioether (sulfide) groups is 1. The number of piperazine rings is 1. The Kier molecular flexibility index (Phi) is 6.49. The number of carbonyl (C=O) groups is 1. The SMILES string of the molecule is CCCSc1nnc(C(=O)N2CCN(c3nc(N)c4cc(OC)c(OC)cc4n3)CC2)o1. The van der Waals surface area contributed by atoms with E-state index in [4.69, 9.17) is 19.6 Å². The van der Waals surface area contributed by atoms with Gasteiger partial charge in [0.1, 0.15) is 5.82 Å². The van der Waals surface area contributed by atoms with Gasteiger partial charge in [0.15, 0.2) is 11.5 Å². The Hall–Kier alpha value is -3.28. The minimum absolute atomic E-state index is 0.0179. The van der Waals surface area contributed by atoms with Crippen molar-refractivity contribution in [1.82, 2.24) is 25.1 Å². The number of fused-ring (bicyclic) bond motifs is 1. The van der Waals surface area contributed by atoms with Crippen LogP contribution in [-0.4, -0.2) is 77.1 Å². The number of hydrogen-bond acceptors (Lipinski definition) is 11. The lowest BCUT2D eigenvalue weighted by molar-refractivity contribution is 0.0700. The van der Waals surface area contributed by atoms with Crippen LogP contribution in [-0.2, 0) is 0 Å². The molecule has 0 unspecified atom stereocenters. The van der Waals surface area contributed by atoms with E-state index in [9.17, 15) is 4.79 Å². The summed E-state index contributed by atoms with van der Waals surface area (Å²) in [5, 5.41) is 8.93. The zero-order valence-electron chi connectivity index (χ0n) is 18.2. The highest BCUT2D eigenvalue weighted by Gasteiger charge is 2.27. The van der Waals surface area contributed by atoms with Gasteiger partial charge < -0.3 is 29.4 Å². The second kappa shape index (κ2) is 9.47. The van der Waals surface area contributed by atoms with E-state index >= 15 is 0 Å². The maximum Gasteiger partial charge on any atom is 0.311 e. The van der Waals surface area contributed by atoms with E-state index in [-0.39, 0.29) is 11.8 Å². The summed E-state index contributed by atoms with van der Waals surface area (Å²) in [7, 11) is 3.13. The molecule has 0 bridgehead atoms. The third kappa shape index (κ3) is 4.35. The average Bonchev–Trinajstić information content (AvgIpc) is 3.30. The summed E-state index contributed by atoms with van der Waals surface area (Å²) in [5.41, 5.74) is 6.86. The molecule has 0 radical (unpaired) electrons. The molecule has 11 nitrogen and oxygen atoms in total. The Morgan fingerprint density at radius 3 is 2.53 bits per heavy atom. The Balaban J connectivity index is 1.46. The van der Waals surface area contributed by atoms with Gasteiger partial charge in [0, 0.05) is 43.4 Å². The Morgan fingerprint density at radius 1 is 1.12 bits per heavy atom. The fraction of sp³-hybridized carbons (Fsp3) is 0.450. The Labute approximate surface area is 189 Å². The fourth-order valence-electron chi connectivity index (χ4n) is 3.40. The first-order valence-electron chi connectivity index (χ1n) is 10.2. The fourth-order valence-corrected chi connectivity index (χ4v) is 4.01. The van der Waals surface area contributed by atoms with E-state index in [1.165, 1.54) is 11.8 Å². The quantitative estimate of drug-likeness (QED) is 0.521. The molecule has 0 aliphatic carbocycles. The van der Waals surface area contributed by atoms with Crippen LogP contribution in [0.25, 0.3) is 10.9 Å². The molecular formula is C20H25N7O4S. The predicted octanol–water partition coefficient (Wildman–Crippen LogP) is 2.08. The summed E-state index contributed by atoms with van der Waals surface area (Å²) >= 11 is 1.45. The van der Waals surface area contributed by atoms with Crippen LogP contribution in [0.3, 0.4) is 0 Å². The molecule has 4 rings (SSSR count). The smallest absolute Gasteiger partial charge is 0.311 e. The number of nitrogens with two attached hydrogens (primary N) is 1. The standard InChI is InChI=1S/C20H25N7O4S/c1-4-9-32-20-25-24-17(31-20)18(28)26-5-7-27(8-6-26)19-22-13-11-15(30-3)14(29-2)10-12(13)16(21)23-19/h10-11H,4-9H2,1-3H3,(H2,21,22,23). The summed E-state index contributed by atoms with van der Waals surface area (Å²) in [4.78, 5) is 25.5. The summed E-state index contributed by atoms with van der Waals surface area (Å²) in [5.74, 6) is 2.60. The van der Waals surface area contributed by atoms with Crippen molar-refractivity contribution in [3.63, 3.8) is 0 Å². The van der Waals surface area contributed by atoms with Gasteiger partial charge >= 0.3 is 11.8 Å². The number of methoxy groups -OCH3 is 2. The number of nitrogens with zero attached hydrogens (tertiary/aromatic N) is 6. The number of amides is 1. The summed E-state index contributed by atoms with van der Waals surface area (Å²) in [6.45, 7) is 4.12. The van der Waals surface area contributed by atoms with Gasteiger partial charge in [-0.3, -0.25) is 4.79 Å². The maximum absolute atomic E-state index is 12.7. The first-order chi connectivity index (χ1) is 15.5. The number of ether oxygens (including phenoxy) is 2. The molecule has 2 aromatic heterocycles. The minimum Gasteiger partial charge on any atom is -0.493 e. The highest BCUT2D eigenvalue weighted by Crippen LogP contribution is 2.34. The van der Waals surface area contributed by atoms with Gasteiger partial charge in [-0.25, -0.2) is 4.98 Å². The Bertz CT molecular complexity index is 1110. The van der Waals surface area contributed by atoms with Crippen molar-refractivity contribution in [3.05, 3.63) is 18.0 Å². The molecule has 1 fully saturated rings. The molecule has 3 heterocycles. The molecular weight excluding hydrogens is 434 g/mol. The third-order valence-corrected chi connectivity index (χ3v) is 6.11. The number of nitrogen functional groups attached to an aromatic ring is 1. The van der Waals surface area contributed by atoms with Crippen molar-refractivity contribution in [2.75, 3.05) is 56.8 Å². The lowest BCUT2D eigenvalue weighted by Gasteiger charge is -2.34. The van der Waals surface area contributed by atoms with Crippen LogP contribution in [0.15, 0.2) is 21.8 Å². The first kappa shape index (κ1) is 21.9. The van der Waals surface area contributed by atoms with E-state index in [0.29, 0.717) is 65.6 Å². The number of rotatable bonds is 7. The number of anilines is 2. The van der Waals surface area contributed by atoms with Crippen molar-refractivity contribution in [1.29, 1.82) is 0 Å². The largest absolute Gasteiger partial charge is 0.493 e. The topological polar surface area (TPSA) is 133 Å². The summed E-state index contributed by atoms with van der Waals surface area (Å²) < 4.78 is 16.2. The number of benzene rings is 1. The van der Waals surface area contributed by atoms with Crippen molar-refractivity contribution in [2.45, 2.75) is 18.6 Å². The summed E-state index contributed by atoms with van der Waals surface area (Å²) in [6, 6.07) is 3.54. The van der Waals surface area contributed by atoms with Crippen LogP contribution in [0, 0.1) is 0 Å². The highest BCUT2D eigenvalue weighted by molar-refractivity contribution is 7.99. The van der Waals surface area contributed by atoms with Gasteiger partial charge in [0.2, 0.25) is 5.95 Å². The second-order valence-electron chi connectivity index (χ2n) is 7.13. The van der Waals surface area contributed by atoms with Crippen LogP contribution in [0.5, 0.6) is 11.5 Å². The van der Waals surface area contributed by atoms with Gasteiger partial charge in [0.25, 0.3) is 5.22 Å². The minimum atomic E-state index is -0.267. The van der Waals surface area contributed by atoms with Gasteiger partial charge in [0.05, 0.1) is 19.7 Å². The number of aromatic nitrogens is 4. The number of carbonyl (C=O) groups excluding carboxylic acids is 1. The molecule has 0 atom stereocenters. The predicted molar refractivity (Wildman–Crippen MR) is 120 cm³/mol. The van der Waals surface area contributed by atoms with E-state index in [0.717, 1.165) is 12.2 Å². The van der Waals surface area contributed by atoms with Gasteiger partial charge in [-0.1, -0.05) is 18.7 Å². The van der Waals surface area contributed by atoms with Gasteiger partial charge in [-0.2, -0.15) is 4.98 Å². The first-order valence-corrected chi connectivity index (χ1v) is 11.2. The van der Waals surface area contributed by atoms with Crippen molar-refractivity contribution in [2.24, 2.45) is 0 Å². The van der Waals surface area contributed by atoms with E-state index in [1.807, 2.05) is 4.90 Å². The molecule has 32 heavy (non-hydrogen) atoms. The molecule has 3 aromatic rings. The lowest BCUT2D eigenvalue weighted by Crippen LogP contribution is -2.49. The third-order valence-electron chi connectivity index (χ3n) is 5.09. The summed E-state index contributed by atoms with van der Waals surface area (Å²) in [6.07, 6.45) is 0.986. The Morgan fingerprint density at radius 2 is 1.84 bits per heavy atom. The number of hydrogen-bond donors (Lipinski definition) is 1. The van der Waals surface area contributed by atoms with E-state index in [2.05, 4.69) is 27.1 Å². The highest BCUT2D eigenvalue weighted by atomic mass is 32.2. The van der Waals surface area contributed by atoms with E-state index in [1.54, 1.807) is 31.3 Å². The maximum atomic E-state index is 12.7. The molecule has 0 spiro atoms. The van der Waals surface area contributed by atoms with Crippen LogP contribution in [0.4, 0.5) is 11.8 Å². The van der Waals surface area contributed by atoms with Crippen LogP contribution < -0.4 is 20.1 Å². The molecule has 1 aliphatic heterocycles. The van der Waals surface area contributed by atoms with Crippen molar-refractivity contribution >= 4 is 40.3 Å². The molecule has 12 heteroatoms. The van der Waals surface area contributed by atoms with Gasteiger partial charge in [-0.05, 0) is 12.5 Å². The zero-order chi connectivity index (χ0) is 22.7. The van der Waals surface area contributed by atoms with Gasteiger partial charge in [-0.15, -0.1) is 10.2 Å². The van der Waals surface area contributed by atoms with Crippen molar-refractivity contribution < 1.29 is 18.7 Å². The van der Waals surface area contributed by atoms with Crippen molar-refractivity contribution in [3.8, 4) is 11.5 Å². The molecule has 1 saturated heterocycles. The van der Waals surface area contributed by atoms with Crippen LogP contribution >= 0.6 is 11.8 Å². The molecule has 170 valence electrons. The zero-order valence-corrected chi connectivity index (χ0v) is 19.0. The molecule has 2 N–H and O–H groups in total. The normalized spacial score (nSPS) is 14.1. The molecule has 1 amide bonds. The molecule has 1 aromatic carbocycles. The van der Waals surface area contributed by atoms with Crippen LogP contribution in [0.1, 0.15) is 24.0 Å². The second-order valence-corrected chi connectivity index (χ2v) is 8.18. The monoisotopic (exact) mass is 459 g/mol. The van der Waals surface area contributed by atoms with Crippen LogP contribution in [0.2, 0.25) is 0 Å². The van der Waals surface area contributed by atoms with E-state index < -0.39 is 0 Å². The average molecular weight is 460 g/mol. The lowest BCUT2D eigenvalue weighted by atomic mass is 10.2. The molecule has 1 aliphatic rings.